The number of fused-ring (bicyclic) bond motifs is 2. The zero-order chi connectivity index (χ0) is 26.3. The Hall–Kier alpha value is -2.72. The lowest BCUT2D eigenvalue weighted by Gasteiger charge is -2.40. The van der Waals surface area contributed by atoms with E-state index in [1.54, 1.807) is 43.4 Å². The Kier molecular flexibility index (Phi) is 7.30. The number of hydrogen-bond acceptors (Lipinski definition) is 5. The molecule has 2 saturated heterocycles. The van der Waals surface area contributed by atoms with Gasteiger partial charge in [-0.15, -0.1) is 0 Å². The summed E-state index contributed by atoms with van der Waals surface area (Å²) in [5, 5.41) is 5.67. The second-order valence-electron chi connectivity index (χ2n) is 9.48. The molecule has 2 aliphatic rings. The summed E-state index contributed by atoms with van der Waals surface area (Å²) in [6, 6.07) is 7.97. The molecule has 2 aliphatic heterocycles. The van der Waals surface area contributed by atoms with Crippen molar-refractivity contribution in [3.05, 3.63) is 46.6 Å². The minimum Gasteiger partial charge on any atom is -0.476 e. The quantitative estimate of drug-likeness (QED) is 0.511. The van der Waals surface area contributed by atoms with Gasteiger partial charge in [0, 0.05) is 23.1 Å². The van der Waals surface area contributed by atoms with Gasteiger partial charge in [-0.05, 0) is 69.9 Å². The van der Waals surface area contributed by atoms with Crippen LogP contribution in [0.1, 0.15) is 39.5 Å². The minimum absolute atomic E-state index is 0.0291. The van der Waals surface area contributed by atoms with Crippen LogP contribution in [0.5, 0.6) is 5.75 Å². The monoisotopic (exact) mass is 544 g/mol. The van der Waals surface area contributed by atoms with Gasteiger partial charge in [0.15, 0.2) is 5.60 Å². The van der Waals surface area contributed by atoms with E-state index in [1.165, 1.54) is 12.3 Å². The largest absolute Gasteiger partial charge is 0.476 e. The summed E-state index contributed by atoms with van der Waals surface area (Å²) >= 11 is 12.1. The highest BCUT2D eigenvalue weighted by atomic mass is 35.5. The molecule has 2 aromatic rings. The third-order valence-electron chi connectivity index (χ3n) is 6.40. The second kappa shape index (κ2) is 9.97. The Morgan fingerprint density at radius 1 is 1.06 bits per heavy atom. The van der Waals surface area contributed by atoms with E-state index in [0.717, 1.165) is 12.8 Å². The number of aromatic nitrogens is 1. The molecule has 0 aliphatic carbocycles. The fourth-order valence-corrected chi connectivity index (χ4v) is 5.17. The maximum atomic E-state index is 13.1. The first-order valence-corrected chi connectivity index (χ1v) is 12.2. The zero-order valence-corrected chi connectivity index (χ0v) is 21.0. The van der Waals surface area contributed by atoms with Crippen LogP contribution in [0, 0.1) is 0 Å². The van der Waals surface area contributed by atoms with Gasteiger partial charge in [0.2, 0.25) is 0 Å². The maximum absolute atomic E-state index is 13.1. The number of piperidine rings is 1. The third-order valence-corrected chi connectivity index (χ3v) is 6.93. The van der Waals surface area contributed by atoms with Crippen molar-refractivity contribution in [3.8, 4) is 5.75 Å². The summed E-state index contributed by atoms with van der Waals surface area (Å²) in [6.45, 7) is 3.33. The average Bonchev–Trinajstić information content (AvgIpc) is 3.05. The van der Waals surface area contributed by atoms with Crippen molar-refractivity contribution in [2.45, 2.75) is 69.4 Å². The summed E-state index contributed by atoms with van der Waals surface area (Å²) in [6.07, 6.45) is -0.557. The molecule has 0 unspecified atom stereocenters. The molecular formula is C24H25Cl2F3N4O3. The molecule has 3 atom stereocenters. The van der Waals surface area contributed by atoms with Crippen molar-refractivity contribution in [2.75, 3.05) is 10.2 Å². The van der Waals surface area contributed by atoms with Crippen LogP contribution in [-0.4, -0.2) is 46.7 Å². The number of benzene rings is 1. The van der Waals surface area contributed by atoms with E-state index in [2.05, 4.69) is 15.2 Å². The molecule has 2 bridgehead atoms. The molecule has 1 aromatic heterocycles. The number of carbonyl (C=O) groups excluding carboxylic acids is 2. The molecule has 1 aromatic carbocycles. The van der Waals surface area contributed by atoms with Crippen LogP contribution in [0.25, 0.3) is 0 Å². The molecule has 36 heavy (non-hydrogen) atoms. The van der Waals surface area contributed by atoms with Gasteiger partial charge in [-0.3, -0.25) is 9.59 Å². The maximum Gasteiger partial charge on any atom is 0.471 e. The smallest absolute Gasteiger partial charge is 0.471 e. The summed E-state index contributed by atoms with van der Waals surface area (Å²) in [5.74, 6) is -1.33. The van der Waals surface area contributed by atoms with E-state index >= 15 is 0 Å². The number of alkyl halides is 3. The van der Waals surface area contributed by atoms with Gasteiger partial charge in [0.1, 0.15) is 11.6 Å². The number of nitrogens with zero attached hydrogens (tertiary/aromatic N) is 2. The van der Waals surface area contributed by atoms with Crippen LogP contribution in [0.3, 0.4) is 0 Å². The number of pyridine rings is 1. The van der Waals surface area contributed by atoms with Crippen molar-refractivity contribution in [1.29, 1.82) is 0 Å². The molecule has 4 rings (SSSR count). The molecule has 12 heteroatoms. The average molecular weight is 545 g/mol. The zero-order valence-electron chi connectivity index (χ0n) is 19.5. The molecule has 194 valence electrons. The number of rotatable bonds is 6. The van der Waals surface area contributed by atoms with Crippen LogP contribution in [0.15, 0.2) is 36.5 Å². The summed E-state index contributed by atoms with van der Waals surface area (Å²) in [7, 11) is 0. The Balaban J connectivity index is 1.37. The molecular weight excluding hydrogens is 520 g/mol. The topological polar surface area (TPSA) is 83.6 Å². The summed E-state index contributed by atoms with van der Waals surface area (Å²) in [4.78, 5) is 30.6. The lowest BCUT2D eigenvalue weighted by Crippen LogP contribution is -2.55. The molecule has 0 spiro atoms. The molecule has 2 N–H and O–H groups in total. The van der Waals surface area contributed by atoms with Gasteiger partial charge in [-0.1, -0.05) is 23.2 Å². The first-order chi connectivity index (χ1) is 16.8. The van der Waals surface area contributed by atoms with Crippen molar-refractivity contribution in [3.63, 3.8) is 0 Å². The second-order valence-corrected chi connectivity index (χ2v) is 10.3. The van der Waals surface area contributed by atoms with Crippen LogP contribution in [0.2, 0.25) is 10.0 Å². The highest BCUT2D eigenvalue weighted by Gasteiger charge is 2.43. The Morgan fingerprint density at radius 2 is 1.72 bits per heavy atom. The Morgan fingerprint density at radius 3 is 2.28 bits per heavy atom. The Bertz CT molecular complexity index is 1130. The van der Waals surface area contributed by atoms with Gasteiger partial charge in [0.05, 0.1) is 16.9 Å². The van der Waals surface area contributed by atoms with Crippen LogP contribution in [0.4, 0.5) is 24.7 Å². The normalized spacial score (nSPS) is 21.8. The van der Waals surface area contributed by atoms with E-state index in [-0.39, 0.29) is 29.7 Å². The lowest BCUT2D eigenvalue weighted by molar-refractivity contribution is -0.167. The number of hydrogen-bond donors (Lipinski definition) is 2. The first kappa shape index (κ1) is 26.3. The fourth-order valence-electron chi connectivity index (χ4n) is 4.72. The highest BCUT2D eigenvalue weighted by molar-refractivity contribution is 6.35. The van der Waals surface area contributed by atoms with E-state index in [0.29, 0.717) is 34.5 Å². The van der Waals surface area contributed by atoms with Gasteiger partial charge in [-0.2, -0.15) is 13.2 Å². The SMILES string of the molecule is CC(C)(Oc1ccc(Cl)cc1Cl)C(=O)N[C@H]1C[C@H]2CC[C@@H](C1)N2c1ccc(NC(=O)C(F)(F)F)cn1. The van der Waals surface area contributed by atoms with Gasteiger partial charge < -0.3 is 20.3 Å². The summed E-state index contributed by atoms with van der Waals surface area (Å²) in [5.41, 5.74) is -1.20. The molecule has 2 amide bonds. The predicted molar refractivity (Wildman–Crippen MR) is 131 cm³/mol. The number of carbonyl (C=O) groups is 2. The number of anilines is 2. The first-order valence-electron chi connectivity index (χ1n) is 11.4. The molecule has 3 heterocycles. The molecule has 2 fully saturated rings. The number of amides is 2. The van der Waals surface area contributed by atoms with E-state index in [4.69, 9.17) is 27.9 Å². The number of nitrogens with one attached hydrogen (secondary N) is 2. The number of halogens is 5. The summed E-state index contributed by atoms with van der Waals surface area (Å²) < 4.78 is 43.3. The molecule has 0 saturated carbocycles. The molecule has 7 nitrogen and oxygen atoms in total. The highest BCUT2D eigenvalue weighted by Crippen LogP contribution is 2.39. The van der Waals surface area contributed by atoms with Crippen LogP contribution in [-0.2, 0) is 9.59 Å². The van der Waals surface area contributed by atoms with Gasteiger partial charge in [0.25, 0.3) is 5.91 Å². The third kappa shape index (κ3) is 5.81. The molecule has 0 radical (unpaired) electrons. The van der Waals surface area contributed by atoms with Crippen molar-refractivity contribution >= 4 is 46.5 Å². The fraction of sp³-hybridized carbons (Fsp3) is 0.458. The van der Waals surface area contributed by atoms with Crippen molar-refractivity contribution < 1.29 is 27.5 Å². The Labute approximate surface area is 216 Å². The van der Waals surface area contributed by atoms with Crippen molar-refractivity contribution in [2.24, 2.45) is 0 Å². The number of ether oxygens (including phenoxy) is 1. The lowest BCUT2D eigenvalue weighted by atomic mass is 9.96. The predicted octanol–water partition coefficient (Wildman–Crippen LogP) is 5.36. The van der Waals surface area contributed by atoms with E-state index < -0.39 is 17.7 Å². The van der Waals surface area contributed by atoms with E-state index in [1.807, 2.05) is 0 Å². The van der Waals surface area contributed by atoms with Gasteiger partial charge >= 0.3 is 12.1 Å². The van der Waals surface area contributed by atoms with Crippen LogP contribution >= 0.6 is 23.2 Å². The minimum atomic E-state index is -4.97. The van der Waals surface area contributed by atoms with E-state index in [9.17, 15) is 22.8 Å². The van der Waals surface area contributed by atoms with Gasteiger partial charge in [-0.25, -0.2) is 4.98 Å². The van der Waals surface area contributed by atoms with Crippen LogP contribution < -0.4 is 20.3 Å². The van der Waals surface area contributed by atoms with Crippen molar-refractivity contribution in [1.82, 2.24) is 10.3 Å². The standard InChI is InChI=1S/C24H25Cl2F3N4O3/c1-23(2,36-19-7-3-13(25)9-18(19)26)21(34)32-15-10-16-5-6-17(11-15)33(16)20-8-4-14(12-30-20)31-22(35)24(27,28)29/h3-4,7-9,12,15-17H,5-6,10-11H2,1-2H3,(H,31,35)(H,32,34)/t15-,16+,17-.